The van der Waals surface area contributed by atoms with Crippen LogP contribution in [0.2, 0.25) is 0 Å². The van der Waals surface area contributed by atoms with Gasteiger partial charge in [0.2, 0.25) is 5.95 Å². The van der Waals surface area contributed by atoms with E-state index in [-0.39, 0.29) is 5.56 Å². The Labute approximate surface area is 169 Å². The summed E-state index contributed by atoms with van der Waals surface area (Å²) >= 11 is 0. The van der Waals surface area contributed by atoms with Crippen molar-refractivity contribution in [3.05, 3.63) is 57.8 Å². The highest BCUT2D eigenvalue weighted by molar-refractivity contribution is 5.77. The maximum absolute atomic E-state index is 12.7. The predicted octanol–water partition coefficient (Wildman–Crippen LogP) is 2.51. The minimum absolute atomic E-state index is 0.0268. The summed E-state index contributed by atoms with van der Waals surface area (Å²) in [4.78, 5) is 34.1. The molecule has 1 N–H and O–H groups in total. The van der Waals surface area contributed by atoms with Crippen LogP contribution in [-0.4, -0.2) is 44.5 Å². The lowest BCUT2D eigenvalue weighted by atomic mass is 10.0. The summed E-state index contributed by atoms with van der Waals surface area (Å²) < 4.78 is 0. The number of rotatable bonds is 3. The van der Waals surface area contributed by atoms with Gasteiger partial charge in [0.05, 0.1) is 16.7 Å². The Morgan fingerprint density at radius 2 is 2.10 bits per heavy atom. The van der Waals surface area contributed by atoms with Crippen LogP contribution in [-0.2, 0) is 19.5 Å². The normalized spacial score (nSPS) is 20.0. The Balaban J connectivity index is 1.40. The van der Waals surface area contributed by atoms with Gasteiger partial charge in [-0.1, -0.05) is 19.1 Å². The van der Waals surface area contributed by atoms with Crippen LogP contribution in [0, 0.1) is 5.92 Å². The SMILES string of the molecule is C[C@@H]1CCCN(c2nc3c(c(=O)[nH]2)CCN(Cc2cccc4nccnc24)C3)C1. The number of H-pyrrole nitrogens is 1. The van der Waals surface area contributed by atoms with Gasteiger partial charge in [-0.05, 0) is 36.8 Å². The Kier molecular flexibility index (Phi) is 4.75. The Hall–Kier alpha value is -2.80. The van der Waals surface area contributed by atoms with Crippen LogP contribution >= 0.6 is 0 Å². The fourth-order valence-corrected chi connectivity index (χ4v) is 4.57. The highest BCUT2D eigenvalue weighted by Crippen LogP contribution is 2.23. The molecule has 0 aliphatic carbocycles. The third-order valence-corrected chi connectivity index (χ3v) is 6.07. The minimum atomic E-state index is 0.0268. The number of anilines is 1. The van der Waals surface area contributed by atoms with Crippen molar-refractivity contribution in [3.63, 3.8) is 0 Å². The van der Waals surface area contributed by atoms with Crippen LogP contribution in [0.4, 0.5) is 5.95 Å². The van der Waals surface area contributed by atoms with Crippen molar-refractivity contribution >= 4 is 17.0 Å². The van der Waals surface area contributed by atoms with E-state index in [9.17, 15) is 4.79 Å². The Morgan fingerprint density at radius 3 is 3.00 bits per heavy atom. The van der Waals surface area contributed by atoms with Crippen molar-refractivity contribution in [2.75, 3.05) is 24.5 Å². The van der Waals surface area contributed by atoms with Gasteiger partial charge in [0.25, 0.3) is 5.56 Å². The average molecular weight is 390 g/mol. The van der Waals surface area contributed by atoms with Gasteiger partial charge >= 0.3 is 0 Å². The van der Waals surface area contributed by atoms with Crippen molar-refractivity contribution in [2.24, 2.45) is 5.92 Å². The topological polar surface area (TPSA) is 78.0 Å². The zero-order chi connectivity index (χ0) is 19.8. The monoisotopic (exact) mass is 390 g/mol. The molecule has 1 saturated heterocycles. The lowest BCUT2D eigenvalue weighted by Gasteiger charge is -2.33. The van der Waals surface area contributed by atoms with Gasteiger partial charge < -0.3 is 4.90 Å². The number of aromatic nitrogens is 4. The van der Waals surface area contributed by atoms with Crippen molar-refractivity contribution < 1.29 is 0 Å². The maximum atomic E-state index is 12.7. The third-order valence-electron chi connectivity index (χ3n) is 6.07. The second-order valence-corrected chi connectivity index (χ2v) is 8.31. The van der Waals surface area contributed by atoms with Crippen LogP contribution < -0.4 is 10.5 Å². The predicted molar refractivity (Wildman–Crippen MR) is 113 cm³/mol. The molecule has 0 radical (unpaired) electrons. The summed E-state index contributed by atoms with van der Waals surface area (Å²) in [6, 6.07) is 6.13. The molecular weight excluding hydrogens is 364 g/mol. The summed E-state index contributed by atoms with van der Waals surface area (Å²) in [6.07, 6.45) is 6.58. The highest BCUT2D eigenvalue weighted by atomic mass is 16.1. The first-order valence-corrected chi connectivity index (χ1v) is 10.5. The van der Waals surface area contributed by atoms with Crippen LogP contribution in [0.3, 0.4) is 0 Å². The minimum Gasteiger partial charge on any atom is -0.342 e. The molecule has 1 atom stereocenters. The lowest BCUT2D eigenvalue weighted by molar-refractivity contribution is 0.241. The first-order valence-electron chi connectivity index (χ1n) is 10.5. The number of hydrogen-bond donors (Lipinski definition) is 1. The first kappa shape index (κ1) is 18.2. The molecule has 150 valence electrons. The molecule has 3 aromatic rings. The van der Waals surface area contributed by atoms with E-state index in [2.05, 4.69) is 37.7 Å². The zero-order valence-corrected chi connectivity index (χ0v) is 16.8. The van der Waals surface area contributed by atoms with E-state index in [1.807, 2.05) is 12.1 Å². The smallest absolute Gasteiger partial charge is 0.255 e. The van der Waals surface area contributed by atoms with Crippen molar-refractivity contribution in [3.8, 4) is 0 Å². The molecule has 0 amide bonds. The fraction of sp³-hybridized carbons (Fsp3) is 0.455. The number of aromatic amines is 1. The summed E-state index contributed by atoms with van der Waals surface area (Å²) in [5.74, 6) is 1.37. The van der Waals surface area contributed by atoms with Crippen LogP contribution in [0.1, 0.15) is 36.6 Å². The van der Waals surface area contributed by atoms with Crippen molar-refractivity contribution in [1.29, 1.82) is 0 Å². The van der Waals surface area contributed by atoms with Crippen molar-refractivity contribution in [1.82, 2.24) is 24.8 Å². The molecule has 2 aliphatic heterocycles. The van der Waals surface area contributed by atoms with Gasteiger partial charge in [0, 0.05) is 50.7 Å². The summed E-state index contributed by atoms with van der Waals surface area (Å²) in [7, 11) is 0. The molecule has 29 heavy (non-hydrogen) atoms. The van der Waals surface area contributed by atoms with Gasteiger partial charge in [-0.3, -0.25) is 24.6 Å². The molecule has 1 fully saturated rings. The number of nitrogens with zero attached hydrogens (tertiary/aromatic N) is 5. The largest absolute Gasteiger partial charge is 0.342 e. The van der Waals surface area contributed by atoms with E-state index in [0.717, 1.165) is 72.8 Å². The standard InChI is InChI=1S/C22H26N6O/c1-15-4-3-10-28(12-15)22-25-19-14-27(11-7-17(19)21(29)26-22)13-16-5-2-6-18-20(16)24-9-8-23-18/h2,5-6,8-9,15H,3-4,7,10-14H2,1H3,(H,25,26,29)/t15-/m1/s1. The second kappa shape index (κ2) is 7.55. The number of piperidine rings is 1. The van der Waals surface area contributed by atoms with Gasteiger partial charge in [0.1, 0.15) is 0 Å². The lowest BCUT2D eigenvalue weighted by Crippen LogP contribution is -2.39. The van der Waals surface area contributed by atoms with Crippen LogP contribution in [0.15, 0.2) is 35.4 Å². The van der Waals surface area contributed by atoms with E-state index in [1.165, 1.54) is 6.42 Å². The van der Waals surface area contributed by atoms with Crippen LogP contribution in [0.25, 0.3) is 11.0 Å². The second-order valence-electron chi connectivity index (χ2n) is 8.31. The Morgan fingerprint density at radius 1 is 1.21 bits per heavy atom. The molecule has 2 aromatic heterocycles. The van der Waals surface area contributed by atoms with Crippen LogP contribution in [0.5, 0.6) is 0 Å². The number of benzene rings is 1. The molecule has 5 rings (SSSR count). The van der Waals surface area contributed by atoms with Gasteiger partial charge in [-0.2, -0.15) is 0 Å². The quantitative estimate of drug-likeness (QED) is 0.740. The number of para-hydroxylation sites is 1. The molecule has 2 aliphatic rings. The molecule has 0 spiro atoms. The molecule has 4 heterocycles. The first-order chi connectivity index (χ1) is 14.2. The molecule has 0 unspecified atom stereocenters. The van der Waals surface area contributed by atoms with E-state index in [0.29, 0.717) is 12.5 Å². The molecular formula is C22H26N6O. The molecule has 1 aromatic carbocycles. The molecule has 0 saturated carbocycles. The van der Waals surface area contributed by atoms with Gasteiger partial charge in [-0.25, -0.2) is 4.98 Å². The highest BCUT2D eigenvalue weighted by Gasteiger charge is 2.24. The van der Waals surface area contributed by atoms with E-state index in [4.69, 9.17) is 4.98 Å². The number of hydrogen-bond acceptors (Lipinski definition) is 6. The Bertz CT molecular complexity index is 1090. The molecule has 0 bridgehead atoms. The van der Waals surface area contributed by atoms with E-state index < -0.39 is 0 Å². The molecule has 7 nitrogen and oxygen atoms in total. The van der Waals surface area contributed by atoms with Crippen molar-refractivity contribution in [2.45, 2.75) is 39.3 Å². The molecule has 7 heteroatoms. The van der Waals surface area contributed by atoms with E-state index >= 15 is 0 Å². The summed E-state index contributed by atoms with van der Waals surface area (Å²) in [5.41, 5.74) is 4.81. The average Bonchev–Trinajstić information content (AvgIpc) is 2.74. The van der Waals surface area contributed by atoms with Gasteiger partial charge in [-0.15, -0.1) is 0 Å². The maximum Gasteiger partial charge on any atom is 0.255 e. The number of nitrogens with one attached hydrogen (secondary N) is 1. The summed E-state index contributed by atoms with van der Waals surface area (Å²) in [5, 5.41) is 0. The van der Waals surface area contributed by atoms with E-state index in [1.54, 1.807) is 12.4 Å². The fourth-order valence-electron chi connectivity index (χ4n) is 4.57. The summed E-state index contributed by atoms with van der Waals surface area (Å²) in [6.45, 7) is 6.49. The van der Waals surface area contributed by atoms with Gasteiger partial charge in [0.15, 0.2) is 0 Å². The number of fused-ring (bicyclic) bond motifs is 2. The zero-order valence-electron chi connectivity index (χ0n) is 16.8. The third kappa shape index (κ3) is 3.62.